The van der Waals surface area contributed by atoms with Gasteiger partial charge in [0.1, 0.15) is 6.26 Å². The SMILES string of the molecule is Cc1ccc2c(c1)c(SC(C)(C)C)c(CC(C)(C)c1nc(C)co1)n2Cc1ccc(Cl)cc1. The van der Waals surface area contributed by atoms with Crippen LogP contribution >= 0.6 is 23.4 Å². The highest BCUT2D eigenvalue weighted by atomic mass is 35.5. The predicted molar refractivity (Wildman–Crippen MR) is 141 cm³/mol. The van der Waals surface area contributed by atoms with Crippen LogP contribution in [0, 0.1) is 13.8 Å². The Morgan fingerprint density at radius 2 is 1.70 bits per heavy atom. The number of nitrogens with zero attached hydrogens (tertiary/aromatic N) is 2. The zero-order valence-corrected chi connectivity index (χ0v) is 22.2. The van der Waals surface area contributed by atoms with Crippen molar-refractivity contribution >= 4 is 34.3 Å². The molecule has 0 bridgehead atoms. The van der Waals surface area contributed by atoms with Gasteiger partial charge in [0.25, 0.3) is 0 Å². The van der Waals surface area contributed by atoms with Crippen molar-refractivity contribution in [2.24, 2.45) is 0 Å². The van der Waals surface area contributed by atoms with Gasteiger partial charge in [0.15, 0.2) is 5.89 Å². The summed E-state index contributed by atoms with van der Waals surface area (Å²) in [6.07, 6.45) is 2.57. The number of hydrogen-bond acceptors (Lipinski definition) is 3. The lowest BCUT2D eigenvalue weighted by atomic mass is 9.87. The summed E-state index contributed by atoms with van der Waals surface area (Å²) < 4.78 is 8.43. The van der Waals surface area contributed by atoms with E-state index in [1.807, 2.05) is 30.8 Å². The molecule has 0 aliphatic heterocycles. The summed E-state index contributed by atoms with van der Waals surface area (Å²) >= 11 is 8.11. The number of aryl methyl sites for hydroxylation is 2. The summed E-state index contributed by atoms with van der Waals surface area (Å²) in [5.41, 5.74) is 5.76. The van der Waals surface area contributed by atoms with E-state index < -0.39 is 0 Å². The molecule has 2 aromatic heterocycles. The molecule has 0 spiro atoms. The third-order valence-corrected chi connectivity index (χ3v) is 7.27. The number of hydrogen-bond donors (Lipinski definition) is 0. The first-order valence-electron chi connectivity index (χ1n) is 11.4. The molecule has 0 aliphatic carbocycles. The van der Waals surface area contributed by atoms with Crippen LogP contribution in [0.25, 0.3) is 10.9 Å². The topological polar surface area (TPSA) is 31.0 Å². The van der Waals surface area contributed by atoms with Crippen LogP contribution in [-0.2, 0) is 18.4 Å². The number of aromatic nitrogens is 2. The second-order valence-corrected chi connectivity index (χ2v) is 12.9. The molecule has 0 amide bonds. The minimum Gasteiger partial charge on any atom is -0.448 e. The lowest BCUT2D eigenvalue weighted by molar-refractivity contribution is 0.360. The van der Waals surface area contributed by atoms with E-state index in [4.69, 9.17) is 16.0 Å². The summed E-state index contributed by atoms with van der Waals surface area (Å²) in [6.45, 7) is 16.2. The third-order valence-electron chi connectivity index (χ3n) is 5.74. The second kappa shape index (κ2) is 8.88. The smallest absolute Gasteiger partial charge is 0.200 e. The number of rotatable bonds is 6. The minimum atomic E-state index is -0.247. The Balaban J connectivity index is 1.92. The van der Waals surface area contributed by atoms with Crippen LogP contribution in [0.15, 0.2) is 58.0 Å². The van der Waals surface area contributed by atoms with E-state index in [1.54, 1.807) is 6.26 Å². The highest BCUT2D eigenvalue weighted by Crippen LogP contribution is 2.44. The Kier molecular flexibility index (Phi) is 6.45. The fraction of sp³-hybridized carbons (Fsp3) is 0.393. The van der Waals surface area contributed by atoms with Gasteiger partial charge in [-0.15, -0.1) is 11.8 Å². The fourth-order valence-corrected chi connectivity index (χ4v) is 5.51. The molecule has 4 aromatic rings. The normalized spacial score (nSPS) is 12.6. The van der Waals surface area contributed by atoms with Gasteiger partial charge in [0.2, 0.25) is 0 Å². The summed E-state index contributed by atoms with van der Waals surface area (Å²) in [5.74, 6) is 0.784. The number of thioether (sulfide) groups is 1. The average molecular weight is 481 g/mol. The van der Waals surface area contributed by atoms with Crippen LogP contribution < -0.4 is 0 Å². The van der Waals surface area contributed by atoms with Crippen molar-refractivity contribution in [1.82, 2.24) is 9.55 Å². The highest BCUT2D eigenvalue weighted by Gasteiger charge is 2.32. The third kappa shape index (κ3) is 5.33. The molecule has 0 saturated heterocycles. The zero-order valence-electron chi connectivity index (χ0n) is 20.6. The van der Waals surface area contributed by atoms with E-state index in [-0.39, 0.29) is 10.2 Å². The Bertz CT molecular complexity index is 1280. The number of halogens is 1. The molecular weight excluding hydrogens is 448 g/mol. The minimum absolute atomic E-state index is 0.0849. The van der Waals surface area contributed by atoms with Crippen LogP contribution in [0.4, 0.5) is 0 Å². The maximum atomic E-state index is 6.16. The van der Waals surface area contributed by atoms with E-state index in [0.29, 0.717) is 0 Å². The summed E-state index contributed by atoms with van der Waals surface area (Å²) in [4.78, 5) is 6.03. The van der Waals surface area contributed by atoms with Crippen LogP contribution in [0.5, 0.6) is 0 Å². The van der Waals surface area contributed by atoms with Crippen molar-refractivity contribution in [3.05, 3.63) is 82.2 Å². The molecular formula is C28H33ClN2OS. The standard InChI is InChI=1S/C28H33ClN2OS/c1-18-8-13-23-22(14-18)25(33-27(3,4)5)24(15-28(6,7)26-30-19(2)17-32-26)31(23)16-20-9-11-21(29)12-10-20/h8-14,17H,15-16H2,1-7H3. The lowest BCUT2D eigenvalue weighted by Crippen LogP contribution is -2.24. The molecule has 2 aromatic carbocycles. The first-order valence-corrected chi connectivity index (χ1v) is 12.6. The van der Waals surface area contributed by atoms with Crippen molar-refractivity contribution in [3.8, 4) is 0 Å². The molecule has 0 radical (unpaired) electrons. The maximum absolute atomic E-state index is 6.16. The molecule has 174 valence electrons. The van der Waals surface area contributed by atoms with Gasteiger partial charge in [-0.25, -0.2) is 4.98 Å². The lowest BCUT2D eigenvalue weighted by Gasteiger charge is -2.25. The van der Waals surface area contributed by atoms with Crippen LogP contribution in [0.1, 0.15) is 63.0 Å². The van der Waals surface area contributed by atoms with Crippen LogP contribution in [-0.4, -0.2) is 14.3 Å². The predicted octanol–water partition coefficient (Wildman–Crippen LogP) is 8.36. The summed E-state index contributed by atoms with van der Waals surface area (Å²) in [7, 11) is 0. The first kappa shape index (κ1) is 24.0. The van der Waals surface area contributed by atoms with Crippen LogP contribution in [0.2, 0.25) is 5.02 Å². The van der Waals surface area contributed by atoms with Crippen LogP contribution in [0.3, 0.4) is 0 Å². The van der Waals surface area contributed by atoms with E-state index in [1.165, 1.54) is 32.6 Å². The molecule has 0 N–H and O–H groups in total. The Labute approximate surface area is 206 Å². The van der Waals surface area contributed by atoms with E-state index >= 15 is 0 Å². The molecule has 3 nitrogen and oxygen atoms in total. The maximum Gasteiger partial charge on any atom is 0.200 e. The molecule has 2 heterocycles. The molecule has 0 unspecified atom stereocenters. The average Bonchev–Trinajstić information content (AvgIpc) is 3.26. The Hall–Kier alpha value is -2.17. The van der Waals surface area contributed by atoms with Gasteiger partial charge in [-0.2, -0.15) is 0 Å². The van der Waals surface area contributed by atoms with Gasteiger partial charge in [-0.3, -0.25) is 0 Å². The van der Waals surface area contributed by atoms with E-state index in [2.05, 4.69) is 81.4 Å². The number of benzene rings is 2. The largest absolute Gasteiger partial charge is 0.448 e. The highest BCUT2D eigenvalue weighted by molar-refractivity contribution is 8.00. The summed E-state index contributed by atoms with van der Waals surface area (Å²) in [5, 5.41) is 2.08. The molecule has 5 heteroatoms. The van der Waals surface area contributed by atoms with Crippen molar-refractivity contribution < 1.29 is 4.42 Å². The van der Waals surface area contributed by atoms with Gasteiger partial charge >= 0.3 is 0 Å². The fourth-order valence-electron chi connectivity index (χ4n) is 4.20. The molecule has 0 saturated carbocycles. The van der Waals surface area contributed by atoms with E-state index in [9.17, 15) is 0 Å². The monoisotopic (exact) mass is 480 g/mol. The van der Waals surface area contributed by atoms with Crippen molar-refractivity contribution in [2.45, 2.75) is 76.5 Å². The molecule has 33 heavy (non-hydrogen) atoms. The Morgan fingerprint density at radius 1 is 1.00 bits per heavy atom. The molecule has 0 fully saturated rings. The second-order valence-electron chi connectivity index (χ2n) is 10.6. The van der Waals surface area contributed by atoms with Gasteiger partial charge in [-0.05, 0) is 43.7 Å². The quantitative estimate of drug-likeness (QED) is 0.260. The molecule has 4 rings (SSSR count). The van der Waals surface area contributed by atoms with Gasteiger partial charge in [-0.1, -0.05) is 70.0 Å². The molecule has 0 atom stereocenters. The van der Waals surface area contributed by atoms with Gasteiger partial charge < -0.3 is 8.98 Å². The van der Waals surface area contributed by atoms with Crippen molar-refractivity contribution in [3.63, 3.8) is 0 Å². The molecule has 0 aliphatic rings. The van der Waals surface area contributed by atoms with E-state index in [0.717, 1.165) is 29.6 Å². The number of fused-ring (bicyclic) bond motifs is 1. The Morgan fingerprint density at radius 3 is 2.30 bits per heavy atom. The van der Waals surface area contributed by atoms with Gasteiger partial charge in [0, 0.05) is 49.6 Å². The van der Waals surface area contributed by atoms with Crippen molar-refractivity contribution in [2.75, 3.05) is 0 Å². The van der Waals surface area contributed by atoms with Gasteiger partial charge in [0.05, 0.1) is 5.69 Å². The number of oxazole rings is 1. The summed E-state index contributed by atoms with van der Waals surface area (Å²) in [6, 6.07) is 15.0. The zero-order chi connectivity index (χ0) is 24.0. The first-order chi connectivity index (χ1) is 15.4. The van der Waals surface area contributed by atoms with Crippen molar-refractivity contribution in [1.29, 1.82) is 0 Å².